The van der Waals surface area contributed by atoms with Crippen molar-refractivity contribution >= 4 is 17.7 Å². The van der Waals surface area contributed by atoms with Crippen LogP contribution in [0.1, 0.15) is 32.6 Å². The van der Waals surface area contributed by atoms with Crippen LogP contribution in [0.25, 0.3) is 0 Å². The quantitative estimate of drug-likeness (QED) is 0.414. The number of carbonyl (C=O) groups excluding carboxylic acids is 3. The second-order valence-electron chi connectivity index (χ2n) is 4.17. The maximum atomic E-state index is 11.6. The van der Waals surface area contributed by atoms with Gasteiger partial charge in [0.25, 0.3) is 0 Å². The van der Waals surface area contributed by atoms with Gasteiger partial charge < -0.3 is 9.47 Å². The zero-order valence-corrected chi connectivity index (χ0v) is 10.5. The number of esters is 2. The van der Waals surface area contributed by atoms with Gasteiger partial charge in [0.15, 0.2) is 0 Å². The third kappa shape index (κ3) is 4.58. The van der Waals surface area contributed by atoms with Gasteiger partial charge in [-0.05, 0) is 12.8 Å². The number of rotatable bonds is 2. The number of hydrogen-bond donors (Lipinski definition) is 0. The normalized spacial score (nSPS) is 22.7. The summed E-state index contributed by atoms with van der Waals surface area (Å²) >= 11 is 0. The van der Waals surface area contributed by atoms with E-state index >= 15 is 0 Å². The molecule has 0 spiro atoms. The van der Waals surface area contributed by atoms with Gasteiger partial charge in [0, 0.05) is 31.6 Å². The van der Waals surface area contributed by atoms with Crippen molar-refractivity contribution in [1.82, 2.24) is 0 Å². The van der Waals surface area contributed by atoms with Crippen molar-refractivity contribution < 1.29 is 23.9 Å². The Hall–Kier alpha value is -1.83. The van der Waals surface area contributed by atoms with Crippen LogP contribution in [-0.2, 0) is 23.9 Å². The molecule has 0 aromatic carbocycles. The maximum Gasteiger partial charge on any atom is 0.384 e. The maximum absolute atomic E-state index is 11.6. The van der Waals surface area contributed by atoms with Gasteiger partial charge >= 0.3 is 11.9 Å². The number of methoxy groups -OCH3 is 1. The molecule has 0 amide bonds. The molecule has 98 valence electrons. The Bertz CT molecular complexity index is 401. The van der Waals surface area contributed by atoms with Gasteiger partial charge in [-0.2, -0.15) is 0 Å². The highest BCUT2D eigenvalue weighted by atomic mass is 16.5. The summed E-state index contributed by atoms with van der Waals surface area (Å²) in [4.78, 5) is 33.3. The highest BCUT2D eigenvalue weighted by Gasteiger charge is 2.29. The average molecular weight is 252 g/mol. The summed E-state index contributed by atoms with van der Waals surface area (Å²) in [5.41, 5.74) is 0. The van der Waals surface area contributed by atoms with Crippen molar-refractivity contribution in [3.8, 4) is 11.8 Å². The molecule has 0 saturated heterocycles. The molecule has 1 fully saturated rings. The highest BCUT2D eigenvalue weighted by Crippen LogP contribution is 2.25. The summed E-state index contributed by atoms with van der Waals surface area (Å²) in [6, 6.07) is 0. The number of Topliss-reactive ketones (excluding diaryl/α,β-unsaturated/α-hetero) is 1. The molecule has 0 heterocycles. The average Bonchev–Trinajstić information content (AvgIpc) is 2.32. The van der Waals surface area contributed by atoms with E-state index in [1.165, 1.54) is 14.0 Å². The van der Waals surface area contributed by atoms with E-state index in [1.54, 1.807) is 0 Å². The van der Waals surface area contributed by atoms with Crippen LogP contribution in [0.15, 0.2) is 0 Å². The van der Waals surface area contributed by atoms with Gasteiger partial charge in [-0.15, -0.1) is 0 Å². The van der Waals surface area contributed by atoms with Crippen molar-refractivity contribution in [2.75, 3.05) is 7.11 Å². The zero-order chi connectivity index (χ0) is 13.5. The smallest absolute Gasteiger partial charge is 0.384 e. The van der Waals surface area contributed by atoms with Crippen LogP contribution >= 0.6 is 0 Å². The zero-order valence-electron chi connectivity index (χ0n) is 10.5. The van der Waals surface area contributed by atoms with E-state index in [2.05, 4.69) is 16.6 Å². The van der Waals surface area contributed by atoms with E-state index in [1.807, 2.05) is 0 Å². The van der Waals surface area contributed by atoms with Crippen LogP contribution in [-0.4, -0.2) is 30.9 Å². The molecule has 0 N–H and O–H groups in total. The summed E-state index contributed by atoms with van der Waals surface area (Å²) < 4.78 is 9.46. The third-order valence-corrected chi connectivity index (χ3v) is 2.77. The summed E-state index contributed by atoms with van der Waals surface area (Å²) in [7, 11) is 1.25. The van der Waals surface area contributed by atoms with Gasteiger partial charge in [-0.3, -0.25) is 9.59 Å². The molecule has 5 heteroatoms. The van der Waals surface area contributed by atoms with E-state index in [9.17, 15) is 14.4 Å². The summed E-state index contributed by atoms with van der Waals surface area (Å²) in [5.74, 6) is 3.80. The monoisotopic (exact) mass is 252 g/mol. The van der Waals surface area contributed by atoms with Crippen molar-refractivity contribution in [1.29, 1.82) is 0 Å². The second kappa shape index (κ2) is 6.80. The Balaban J connectivity index is 2.51. The van der Waals surface area contributed by atoms with Crippen LogP contribution in [0.2, 0.25) is 0 Å². The van der Waals surface area contributed by atoms with Crippen LogP contribution in [0, 0.1) is 17.8 Å². The molecule has 0 radical (unpaired) electrons. The van der Waals surface area contributed by atoms with Gasteiger partial charge in [-0.25, -0.2) is 4.79 Å². The molecule has 1 aliphatic carbocycles. The molecule has 1 aliphatic rings. The number of ether oxygens (including phenoxy) is 2. The van der Waals surface area contributed by atoms with Gasteiger partial charge in [-0.1, -0.05) is 5.92 Å². The fourth-order valence-corrected chi connectivity index (χ4v) is 1.91. The van der Waals surface area contributed by atoms with Crippen molar-refractivity contribution in [3.63, 3.8) is 0 Å². The summed E-state index contributed by atoms with van der Waals surface area (Å²) in [5, 5.41) is 0. The minimum Gasteiger partial charge on any atom is -0.463 e. The molecule has 0 aliphatic heterocycles. The topological polar surface area (TPSA) is 69.7 Å². The molecule has 2 atom stereocenters. The minimum atomic E-state index is -0.616. The Morgan fingerprint density at radius 2 is 2.17 bits per heavy atom. The number of ketones is 1. The van der Waals surface area contributed by atoms with E-state index < -0.39 is 5.97 Å². The van der Waals surface area contributed by atoms with Crippen LogP contribution in [0.4, 0.5) is 0 Å². The fourth-order valence-electron chi connectivity index (χ4n) is 1.91. The van der Waals surface area contributed by atoms with E-state index in [-0.39, 0.29) is 23.8 Å². The molecule has 0 bridgehead atoms. The SMILES string of the molecule is COC(=O)C#CCC1CC(OC(C)=O)CCC1=O. The first-order valence-electron chi connectivity index (χ1n) is 5.79. The molecule has 1 rings (SSSR count). The second-order valence-corrected chi connectivity index (χ2v) is 4.17. The molecule has 0 aromatic rings. The van der Waals surface area contributed by atoms with Crippen molar-refractivity contribution in [3.05, 3.63) is 0 Å². The minimum absolute atomic E-state index is 0.109. The standard InChI is InChI=1S/C13H16O5/c1-9(14)18-11-6-7-12(15)10(8-11)4-3-5-13(16)17-2/h10-11H,4,6-8H2,1-2H3. The lowest BCUT2D eigenvalue weighted by Crippen LogP contribution is -2.30. The largest absolute Gasteiger partial charge is 0.463 e. The lowest BCUT2D eigenvalue weighted by Gasteiger charge is -2.26. The Labute approximate surface area is 106 Å². The molecule has 1 saturated carbocycles. The van der Waals surface area contributed by atoms with Gasteiger partial charge in [0.1, 0.15) is 11.9 Å². The molecular formula is C13H16O5. The van der Waals surface area contributed by atoms with Crippen LogP contribution in [0.5, 0.6) is 0 Å². The molecule has 0 aromatic heterocycles. The molecule has 5 nitrogen and oxygen atoms in total. The van der Waals surface area contributed by atoms with Crippen LogP contribution < -0.4 is 0 Å². The fraction of sp³-hybridized carbons (Fsp3) is 0.615. The van der Waals surface area contributed by atoms with E-state index in [0.717, 1.165) is 0 Å². The Morgan fingerprint density at radius 3 is 2.78 bits per heavy atom. The predicted octanol–water partition coefficient (Wildman–Crippen LogP) is 0.854. The number of carbonyl (C=O) groups is 3. The lowest BCUT2D eigenvalue weighted by atomic mass is 9.84. The van der Waals surface area contributed by atoms with Crippen LogP contribution in [0.3, 0.4) is 0 Å². The van der Waals surface area contributed by atoms with Gasteiger partial charge in [0.05, 0.1) is 7.11 Å². The molecule has 18 heavy (non-hydrogen) atoms. The first-order chi connectivity index (χ1) is 8.52. The predicted molar refractivity (Wildman–Crippen MR) is 62.3 cm³/mol. The van der Waals surface area contributed by atoms with Crippen molar-refractivity contribution in [2.45, 2.75) is 38.7 Å². The summed E-state index contributed by atoms with van der Waals surface area (Å²) in [6.45, 7) is 1.35. The molecule has 2 unspecified atom stereocenters. The van der Waals surface area contributed by atoms with Crippen molar-refractivity contribution in [2.24, 2.45) is 5.92 Å². The van der Waals surface area contributed by atoms with E-state index in [0.29, 0.717) is 25.7 Å². The Kier molecular flexibility index (Phi) is 5.37. The highest BCUT2D eigenvalue weighted by molar-refractivity contribution is 5.88. The molecular weight excluding hydrogens is 236 g/mol. The first kappa shape index (κ1) is 14.2. The first-order valence-corrected chi connectivity index (χ1v) is 5.79. The Morgan fingerprint density at radius 1 is 1.44 bits per heavy atom. The van der Waals surface area contributed by atoms with E-state index in [4.69, 9.17) is 4.74 Å². The number of hydrogen-bond acceptors (Lipinski definition) is 5. The lowest BCUT2D eigenvalue weighted by molar-refractivity contribution is -0.150. The van der Waals surface area contributed by atoms with Gasteiger partial charge in [0.2, 0.25) is 0 Å². The third-order valence-electron chi connectivity index (χ3n) is 2.77. The summed E-state index contributed by atoms with van der Waals surface area (Å²) in [6.07, 6.45) is 1.52.